The molecule has 1 aromatic carbocycles. The van der Waals surface area contributed by atoms with E-state index in [0.29, 0.717) is 12.6 Å². The summed E-state index contributed by atoms with van der Waals surface area (Å²) in [6, 6.07) is 10.8. The van der Waals surface area contributed by atoms with Crippen molar-refractivity contribution in [2.24, 2.45) is 0 Å². The Hall–Kier alpha value is -0.860. The quantitative estimate of drug-likeness (QED) is 0.751. The summed E-state index contributed by atoms with van der Waals surface area (Å²) < 4.78 is 0. The maximum Gasteiger partial charge on any atom is 0.0587 e. The minimum Gasteiger partial charge on any atom is -0.395 e. The van der Waals surface area contributed by atoms with Crippen molar-refractivity contribution in [1.29, 1.82) is 0 Å². The molecule has 2 heteroatoms. The molecule has 1 atom stereocenters. The maximum absolute atomic E-state index is 8.99. The van der Waals surface area contributed by atoms with E-state index in [1.807, 2.05) is 6.07 Å². The highest BCUT2D eigenvalue weighted by molar-refractivity contribution is 5.15. The van der Waals surface area contributed by atoms with Crippen molar-refractivity contribution in [1.82, 2.24) is 4.90 Å². The number of aliphatic hydroxyl groups is 1. The molecule has 1 fully saturated rings. The fourth-order valence-electron chi connectivity index (χ4n) is 1.73. The fraction of sp³-hybridized carbons (Fsp3) is 0.455. The highest BCUT2D eigenvalue weighted by Gasteiger charge is 2.26. The molecule has 0 aliphatic carbocycles. The lowest BCUT2D eigenvalue weighted by molar-refractivity contribution is 0.0356. The maximum atomic E-state index is 8.99. The predicted octanol–water partition coefficient (Wildman–Crippen LogP) is 1.25. The Morgan fingerprint density at radius 3 is 2.62 bits per heavy atom. The van der Waals surface area contributed by atoms with Crippen LogP contribution >= 0.6 is 0 Å². The van der Waals surface area contributed by atoms with Gasteiger partial charge in [-0.25, -0.2) is 0 Å². The van der Waals surface area contributed by atoms with Gasteiger partial charge in [0.15, 0.2) is 0 Å². The molecule has 2 nitrogen and oxygen atoms in total. The van der Waals surface area contributed by atoms with Gasteiger partial charge in [-0.2, -0.15) is 0 Å². The van der Waals surface area contributed by atoms with Gasteiger partial charge in [0.1, 0.15) is 0 Å². The van der Waals surface area contributed by atoms with E-state index < -0.39 is 0 Å². The highest BCUT2D eigenvalue weighted by Crippen LogP contribution is 2.19. The van der Waals surface area contributed by atoms with Crippen molar-refractivity contribution in [3.8, 4) is 0 Å². The predicted molar refractivity (Wildman–Crippen MR) is 52.3 cm³/mol. The second kappa shape index (κ2) is 3.90. The molecule has 0 spiro atoms. The average molecular weight is 177 g/mol. The van der Waals surface area contributed by atoms with Gasteiger partial charge in [0, 0.05) is 19.1 Å². The van der Waals surface area contributed by atoms with Crippen LogP contribution in [0, 0.1) is 0 Å². The van der Waals surface area contributed by atoms with E-state index in [-0.39, 0.29) is 0 Å². The van der Waals surface area contributed by atoms with Crippen LogP contribution in [0.5, 0.6) is 0 Å². The Morgan fingerprint density at radius 2 is 2.08 bits per heavy atom. The lowest BCUT2D eigenvalue weighted by Gasteiger charge is -2.39. The molecular formula is C11H15NO. The summed E-state index contributed by atoms with van der Waals surface area (Å²) in [4.78, 5) is 2.31. The summed E-state index contributed by atoms with van der Waals surface area (Å²) in [6.45, 7) is 2.40. The molecule has 1 heterocycles. The van der Waals surface area contributed by atoms with Gasteiger partial charge < -0.3 is 5.11 Å². The Bertz CT molecular complexity index is 258. The molecule has 70 valence electrons. The Labute approximate surface area is 78.8 Å². The summed E-state index contributed by atoms with van der Waals surface area (Å²) in [5, 5.41) is 8.99. The third kappa shape index (κ3) is 1.90. The smallest absolute Gasteiger partial charge is 0.0587 e. The zero-order valence-corrected chi connectivity index (χ0v) is 7.69. The zero-order valence-electron chi connectivity index (χ0n) is 7.69. The lowest BCUT2D eigenvalue weighted by atomic mass is 10.0. The Kier molecular flexibility index (Phi) is 2.62. The van der Waals surface area contributed by atoms with Crippen LogP contribution in [-0.4, -0.2) is 29.2 Å². The van der Waals surface area contributed by atoms with E-state index in [2.05, 4.69) is 29.2 Å². The van der Waals surface area contributed by atoms with Gasteiger partial charge in [-0.15, -0.1) is 0 Å². The number of aliphatic hydroxyl groups excluding tert-OH is 1. The highest BCUT2D eigenvalue weighted by atomic mass is 16.3. The first-order chi connectivity index (χ1) is 6.40. The molecule has 0 aromatic heterocycles. The van der Waals surface area contributed by atoms with Crippen LogP contribution in [-0.2, 0) is 6.54 Å². The van der Waals surface area contributed by atoms with E-state index in [4.69, 9.17) is 5.11 Å². The van der Waals surface area contributed by atoms with Crippen LogP contribution < -0.4 is 0 Å². The van der Waals surface area contributed by atoms with Crippen LogP contribution in [0.4, 0.5) is 0 Å². The third-order valence-electron chi connectivity index (χ3n) is 2.71. The number of hydrogen-bond donors (Lipinski definition) is 1. The third-order valence-corrected chi connectivity index (χ3v) is 2.71. The fourth-order valence-corrected chi connectivity index (χ4v) is 1.73. The van der Waals surface area contributed by atoms with Gasteiger partial charge in [-0.3, -0.25) is 4.90 Å². The molecule has 1 aliphatic heterocycles. The van der Waals surface area contributed by atoms with E-state index in [9.17, 15) is 0 Å². The zero-order chi connectivity index (χ0) is 9.10. The number of hydrogen-bond acceptors (Lipinski definition) is 2. The van der Waals surface area contributed by atoms with Crippen molar-refractivity contribution < 1.29 is 5.11 Å². The molecule has 1 N–H and O–H groups in total. The largest absolute Gasteiger partial charge is 0.395 e. The number of likely N-dealkylation sites (tertiary alicyclic amines) is 1. The van der Waals surface area contributed by atoms with E-state index in [1.54, 1.807) is 0 Å². The second-order valence-electron chi connectivity index (χ2n) is 3.58. The van der Waals surface area contributed by atoms with Crippen molar-refractivity contribution in [2.45, 2.75) is 19.0 Å². The number of benzene rings is 1. The molecule has 1 unspecified atom stereocenters. The van der Waals surface area contributed by atoms with Crippen LogP contribution in [0.25, 0.3) is 0 Å². The normalized spacial score (nSPS) is 22.7. The van der Waals surface area contributed by atoms with Crippen LogP contribution in [0.2, 0.25) is 0 Å². The molecule has 1 saturated heterocycles. The van der Waals surface area contributed by atoms with Crippen LogP contribution in [0.15, 0.2) is 30.3 Å². The molecule has 2 rings (SSSR count). The van der Waals surface area contributed by atoms with E-state index in [1.165, 1.54) is 5.56 Å². The minimum absolute atomic E-state index is 0.298. The van der Waals surface area contributed by atoms with Gasteiger partial charge in [-0.05, 0) is 12.0 Å². The first-order valence-electron chi connectivity index (χ1n) is 4.79. The molecule has 13 heavy (non-hydrogen) atoms. The Morgan fingerprint density at radius 1 is 1.31 bits per heavy atom. The summed E-state index contributed by atoms with van der Waals surface area (Å²) >= 11 is 0. The number of rotatable bonds is 3. The van der Waals surface area contributed by atoms with E-state index >= 15 is 0 Å². The van der Waals surface area contributed by atoms with Crippen molar-refractivity contribution >= 4 is 0 Å². The average Bonchev–Trinajstić information content (AvgIpc) is 2.15. The van der Waals surface area contributed by atoms with Crippen LogP contribution in [0.1, 0.15) is 12.0 Å². The summed E-state index contributed by atoms with van der Waals surface area (Å²) in [5.41, 5.74) is 1.33. The summed E-state index contributed by atoms with van der Waals surface area (Å²) in [6.07, 6.45) is 1.14. The Balaban J connectivity index is 1.92. The molecule has 0 saturated carbocycles. The molecule has 0 bridgehead atoms. The SMILES string of the molecule is OCC1CCN1Cc1ccccc1. The standard InChI is InChI=1S/C11H15NO/c13-9-11-6-7-12(11)8-10-4-2-1-3-5-10/h1-5,11,13H,6-9H2. The summed E-state index contributed by atoms with van der Waals surface area (Å²) in [7, 11) is 0. The summed E-state index contributed by atoms with van der Waals surface area (Å²) in [5.74, 6) is 0. The monoisotopic (exact) mass is 177 g/mol. The van der Waals surface area contributed by atoms with Gasteiger partial charge in [0.2, 0.25) is 0 Å². The minimum atomic E-state index is 0.298. The molecule has 1 aromatic rings. The molecular weight excluding hydrogens is 162 g/mol. The van der Waals surface area contributed by atoms with Gasteiger partial charge in [0.25, 0.3) is 0 Å². The van der Waals surface area contributed by atoms with Gasteiger partial charge in [-0.1, -0.05) is 30.3 Å². The van der Waals surface area contributed by atoms with Gasteiger partial charge >= 0.3 is 0 Å². The topological polar surface area (TPSA) is 23.5 Å². The molecule has 0 amide bonds. The molecule has 0 radical (unpaired) electrons. The van der Waals surface area contributed by atoms with Crippen molar-refractivity contribution in [2.75, 3.05) is 13.2 Å². The first kappa shape index (κ1) is 8.73. The van der Waals surface area contributed by atoms with Crippen molar-refractivity contribution in [3.05, 3.63) is 35.9 Å². The van der Waals surface area contributed by atoms with Crippen LogP contribution in [0.3, 0.4) is 0 Å². The first-order valence-corrected chi connectivity index (χ1v) is 4.79. The van der Waals surface area contributed by atoms with Gasteiger partial charge in [0.05, 0.1) is 6.61 Å². The van der Waals surface area contributed by atoms with Crippen molar-refractivity contribution in [3.63, 3.8) is 0 Å². The second-order valence-corrected chi connectivity index (χ2v) is 3.58. The number of nitrogens with zero attached hydrogens (tertiary/aromatic N) is 1. The lowest BCUT2D eigenvalue weighted by Crippen LogP contribution is -2.48. The van der Waals surface area contributed by atoms with E-state index in [0.717, 1.165) is 19.5 Å². The molecule has 1 aliphatic rings.